The lowest BCUT2D eigenvalue weighted by Gasteiger charge is -2.32. The highest BCUT2D eigenvalue weighted by Gasteiger charge is 2.52. The van der Waals surface area contributed by atoms with Crippen LogP contribution in [0, 0.1) is 29.0 Å². The molecule has 2 unspecified atom stereocenters. The highest BCUT2D eigenvalue weighted by atomic mass is 28.4. The van der Waals surface area contributed by atoms with E-state index in [0.717, 1.165) is 0 Å². The van der Waals surface area contributed by atoms with Gasteiger partial charge in [0.05, 0.1) is 30.5 Å². The van der Waals surface area contributed by atoms with E-state index in [1.807, 2.05) is 4.90 Å². The number of carbonyl (C=O) groups is 2. The average Bonchev–Trinajstić information content (AvgIpc) is 3.36. The normalized spacial score (nSPS) is 29.1. The zero-order valence-corrected chi connectivity index (χ0v) is 20.6. The molecule has 0 aromatic heterocycles. The van der Waals surface area contributed by atoms with Gasteiger partial charge in [-0.15, -0.1) is 0 Å². The average molecular weight is 475 g/mol. The molecular formula is C23H31FN4O4Si. The molecule has 8 nitrogen and oxygen atoms in total. The number of amides is 2. The predicted molar refractivity (Wildman–Crippen MR) is 124 cm³/mol. The molecule has 0 bridgehead atoms. The van der Waals surface area contributed by atoms with Gasteiger partial charge in [0.2, 0.25) is 5.91 Å². The van der Waals surface area contributed by atoms with Crippen molar-refractivity contribution in [1.82, 2.24) is 5.32 Å². The standard InChI is InChI=1S/C23H31FN4O4Si/c1-15(29)26-10-19-13-28(22(30)31-19)18-5-6-21(20(24)7-18)27-11-16-8-23(14-25,9-17(16)12-27)32-33(2,3)4/h5-7,16-17,19H,8-13H2,1-4H3,(H,26,29)/t16?,17?,19-,23?/m0/s1. The topological polar surface area (TPSA) is 94.9 Å². The van der Waals surface area contributed by atoms with Gasteiger partial charge in [-0.05, 0) is 62.5 Å². The number of halogens is 1. The smallest absolute Gasteiger partial charge is 0.414 e. The van der Waals surface area contributed by atoms with Crippen LogP contribution >= 0.6 is 0 Å². The largest absolute Gasteiger partial charge is 0.442 e. The molecule has 1 aromatic carbocycles. The van der Waals surface area contributed by atoms with Crippen molar-refractivity contribution < 1.29 is 23.1 Å². The summed E-state index contributed by atoms with van der Waals surface area (Å²) in [4.78, 5) is 26.7. The molecule has 0 radical (unpaired) electrons. The summed E-state index contributed by atoms with van der Waals surface area (Å²) < 4.78 is 26.6. The van der Waals surface area contributed by atoms with Gasteiger partial charge < -0.3 is 19.4 Å². The summed E-state index contributed by atoms with van der Waals surface area (Å²) in [5, 5.41) is 12.4. The van der Waals surface area contributed by atoms with Crippen molar-refractivity contribution in [2.45, 2.75) is 51.1 Å². The summed E-state index contributed by atoms with van der Waals surface area (Å²) >= 11 is 0. The molecule has 2 amide bonds. The Bertz CT molecular complexity index is 978. The first-order valence-corrected chi connectivity index (χ1v) is 14.8. The third-order valence-electron chi connectivity index (χ3n) is 6.50. The molecule has 3 aliphatic rings. The fourth-order valence-corrected chi connectivity index (χ4v) is 6.71. The maximum atomic E-state index is 15.1. The Kier molecular flexibility index (Phi) is 6.14. The number of anilines is 2. The number of nitrogens with zero attached hydrogens (tertiary/aromatic N) is 3. The second kappa shape index (κ2) is 8.61. The molecule has 2 heterocycles. The summed E-state index contributed by atoms with van der Waals surface area (Å²) in [5.41, 5.74) is 0.222. The SMILES string of the molecule is CC(=O)NC[C@H]1CN(c2ccc(N3CC4CC(C#N)(O[Si](C)(C)C)CC4C3)c(F)c2)C(=O)O1. The van der Waals surface area contributed by atoms with Crippen molar-refractivity contribution in [1.29, 1.82) is 5.26 Å². The molecule has 3 fully saturated rings. The molecule has 1 aromatic rings. The molecule has 3 atom stereocenters. The van der Waals surface area contributed by atoms with Gasteiger partial charge in [0.1, 0.15) is 17.5 Å². The lowest BCUT2D eigenvalue weighted by Crippen LogP contribution is -2.41. The van der Waals surface area contributed by atoms with Gasteiger partial charge in [-0.2, -0.15) is 5.26 Å². The third-order valence-corrected chi connectivity index (χ3v) is 7.51. The van der Waals surface area contributed by atoms with Crippen LogP contribution in [0.1, 0.15) is 19.8 Å². The number of benzene rings is 1. The zero-order chi connectivity index (χ0) is 24.0. The van der Waals surface area contributed by atoms with E-state index in [1.165, 1.54) is 17.9 Å². The quantitative estimate of drug-likeness (QED) is 0.636. The van der Waals surface area contributed by atoms with Crippen LogP contribution in [0.15, 0.2) is 18.2 Å². The van der Waals surface area contributed by atoms with Crippen LogP contribution in [0.5, 0.6) is 0 Å². The van der Waals surface area contributed by atoms with Crippen molar-refractivity contribution in [3.63, 3.8) is 0 Å². The number of rotatable bonds is 6. The highest BCUT2D eigenvalue weighted by Crippen LogP contribution is 2.48. The van der Waals surface area contributed by atoms with Crippen LogP contribution < -0.4 is 15.1 Å². The third kappa shape index (κ3) is 4.99. The van der Waals surface area contributed by atoms with E-state index >= 15 is 4.39 Å². The molecule has 1 N–H and O–H groups in total. The molecule has 178 valence electrons. The second-order valence-corrected chi connectivity index (χ2v) is 14.8. The van der Waals surface area contributed by atoms with Gasteiger partial charge in [0.15, 0.2) is 8.32 Å². The van der Waals surface area contributed by atoms with Gasteiger partial charge in [-0.25, -0.2) is 9.18 Å². The summed E-state index contributed by atoms with van der Waals surface area (Å²) in [6.45, 7) is 9.53. The molecule has 1 aliphatic carbocycles. The summed E-state index contributed by atoms with van der Waals surface area (Å²) in [6, 6.07) is 7.23. The summed E-state index contributed by atoms with van der Waals surface area (Å²) in [7, 11) is -1.85. The number of carbonyl (C=O) groups excluding carboxylic acids is 2. The number of fused-ring (bicyclic) bond motifs is 1. The molecule has 2 aliphatic heterocycles. The second-order valence-electron chi connectivity index (χ2n) is 10.3. The molecule has 10 heteroatoms. The first kappa shape index (κ1) is 23.5. The minimum absolute atomic E-state index is 0.200. The van der Waals surface area contributed by atoms with Crippen molar-refractivity contribution in [2.75, 3.05) is 36.0 Å². The highest BCUT2D eigenvalue weighted by molar-refractivity contribution is 6.69. The van der Waals surface area contributed by atoms with E-state index in [-0.39, 0.29) is 19.0 Å². The van der Waals surface area contributed by atoms with Crippen molar-refractivity contribution >= 4 is 31.7 Å². The predicted octanol–water partition coefficient (Wildman–Crippen LogP) is 3.25. The summed E-state index contributed by atoms with van der Waals surface area (Å²) in [5.74, 6) is -0.00356. The Hall–Kier alpha value is -2.64. The van der Waals surface area contributed by atoms with E-state index < -0.39 is 31.9 Å². The molecule has 1 saturated carbocycles. The number of nitriles is 1. The number of hydrogen-bond donors (Lipinski definition) is 1. The van der Waals surface area contributed by atoms with E-state index in [0.29, 0.717) is 49.1 Å². The fraction of sp³-hybridized carbons (Fsp3) is 0.609. The first-order chi connectivity index (χ1) is 15.5. The minimum Gasteiger partial charge on any atom is -0.442 e. The van der Waals surface area contributed by atoms with Crippen molar-refractivity contribution in [3.05, 3.63) is 24.0 Å². The van der Waals surface area contributed by atoms with E-state index in [1.54, 1.807) is 12.1 Å². The van der Waals surface area contributed by atoms with Crippen LogP contribution in [-0.4, -0.2) is 58.2 Å². The van der Waals surface area contributed by atoms with Gasteiger partial charge in [-0.3, -0.25) is 9.69 Å². The number of cyclic esters (lactones) is 1. The van der Waals surface area contributed by atoms with Crippen molar-refractivity contribution in [2.24, 2.45) is 11.8 Å². The van der Waals surface area contributed by atoms with Crippen LogP contribution in [-0.2, 0) is 14.0 Å². The Morgan fingerprint density at radius 1 is 1.30 bits per heavy atom. The molecular weight excluding hydrogens is 443 g/mol. The van der Waals surface area contributed by atoms with Crippen LogP contribution in [0.25, 0.3) is 0 Å². The van der Waals surface area contributed by atoms with Crippen LogP contribution in [0.3, 0.4) is 0 Å². The van der Waals surface area contributed by atoms with E-state index in [2.05, 4.69) is 31.0 Å². The maximum Gasteiger partial charge on any atom is 0.414 e. The number of nitrogens with one attached hydrogen (secondary N) is 1. The Morgan fingerprint density at radius 2 is 1.97 bits per heavy atom. The minimum atomic E-state index is -1.85. The monoisotopic (exact) mass is 474 g/mol. The lowest BCUT2D eigenvalue weighted by atomic mass is 10.0. The number of ether oxygens (including phenoxy) is 1. The van der Waals surface area contributed by atoms with E-state index in [4.69, 9.17) is 9.16 Å². The molecule has 0 spiro atoms. The zero-order valence-electron chi connectivity index (χ0n) is 19.6. The lowest BCUT2D eigenvalue weighted by molar-refractivity contribution is -0.119. The van der Waals surface area contributed by atoms with Gasteiger partial charge in [0.25, 0.3) is 0 Å². The van der Waals surface area contributed by atoms with Gasteiger partial charge in [0, 0.05) is 20.0 Å². The fourth-order valence-electron chi connectivity index (χ4n) is 5.33. The number of hydrogen-bond acceptors (Lipinski definition) is 6. The van der Waals surface area contributed by atoms with Crippen LogP contribution in [0.4, 0.5) is 20.6 Å². The first-order valence-electron chi connectivity index (χ1n) is 11.4. The Balaban J connectivity index is 1.41. The molecule has 2 saturated heterocycles. The van der Waals surface area contributed by atoms with Crippen LogP contribution in [0.2, 0.25) is 19.6 Å². The summed E-state index contributed by atoms with van der Waals surface area (Å²) in [6.07, 6.45) is 0.345. The Morgan fingerprint density at radius 3 is 2.52 bits per heavy atom. The maximum absolute atomic E-state index is 15.1. The van der Waals surface area contributed by atoms with Gasteiger partial charge >= 0.3 is 6.09 Å². The van der Waals surface area contributed by atoms with E-state index in [9.17, 15) is 14.9 Å². The Labute approximate surface area is 194 Å². The molecule has 4 rings (SSSR count). The van der Waals surface area contributed by atoms with Crippen molar-refractivity contribution in [3.8, 4) is 6.07 Å². The molecule has 33 heavy (non-hydrogen) atoms. The van der Waals surface area contributed by atoms with Gasteiger partial charge in [-0.1, -0.05) is 0 Å².